The number of methoxy groups -OCH3 is 1. The molecule has 0 saturated heterocycles. The van der Waals surface area contributed by atoms with Gasteiger partial charge in [-0.2, -0.15) is 0 Å². The predicted molar refractivity (Wildman–Crippen MR) is 102 cm³/mol. The third-order valence-corrected chi connectivity index (χ3v) is 5.46. The summed E-state index contributed by atoms with van der Waals surface area (Å²) in [6.45, 7) is 3.65. The van der Waals surface area contributed by atoms with Crippen LogP contribution in [0.2, 0.25) is 0 Å². The summed E-state index contributed by atoms with van der Waals surface area (Å²) in [5.41, 5.74) is 0.896. The molecule has 10 heteroatoms. The van der Waals surface area contributed by atoms with E-state index in [0.29, 0.717) is 16.1 Å². The highest BCUT2D eigenvalue weighted by Crippen LogP contribution is 2.28. The Labute approximate surface area is 159 Å². The Morgan fingerprint density at radius 2 is 2.12 bits per heavy atom. The molecule has 0 aliphatic rings. The fraction of sp³-hybridized carbons (Fsp3) is 0.312. The maximum Gasteiger partial charge on any atom is 0.239 e. The van der Waals surface area contributed by atoms with Crippen molar-refractivity contribution in [1.29, 1.82) is 0 Å². The lowest BCUT2D eigenvalue weighted by molar-refractivity contribution is -0.115. The highest BCUT2D eigenvalue weighted by atomic mass is 32.2. The first-order chi connectivity index (χ1) is 12.5. The Hall–Kier alpha value is -2.46. The molecule has 1 N–H and O–H groups in total. The van der Waals surface area contributed by atoms with Crippen LogP contribution in [0.4, 0.5) is 5.13 Å². The number of benzene rings is 1. The zero-order chi connectivity index (χ0) is 18.7. The molecule has 0 saturated carbocycles. The van der Waals surface area contributed by atoms with Crippen molar-refractivity contribution in [3.63, 3.8) is 0 Å². The van der Waals surface area contributed by atoms with E-state index in [4.69, 9.17) is 4.74 Å². The molecule has 1 aromatic carbocycles. The summed E-state index contributed by atoms with van der Waals surface area (Å²) in [6, 6.07) is 7.61. The SMILES string of the molecule is COc1cccc(-c2nnc(S[C@H](C)C(=O)Nc3nnc(C)s3)n2C)c1. The molecule has 0 fully saturated rings. The number of ether oxygens (including phenoxy) is 1. The summed E-state index contributed by atoms with van der Waals surface area (Å²) in [5.74, 6) is 1.30. The summed E-state index contributed by atoms with van der Waals surface area (Å²) in [6.07, 6.45) is 0. The minimum atomic E-state index is -0.361. The van der Waals surface area contributed by atoms with Gasteiger partial charge in [0.1, 0.15) is 10.8 Å². The lowest BCUT2D eigenvalue weighted by Gasteiger charge is -2.10. The predicted octanol–water partition coefficient (Wildman–Crippen LogP) is 2.77. The molecule has 2 aromatic heterocycles. The van der Waals surface area contributed by atoms with Gasteiger partial charge >= 0.3 is 0 Å². The summed E-state index contributed by atoms with van der Waals surface area (Å²) >= 11 is 2.67. The zero-order valence-electron chi connectivity index (χ0n) is 14.8. The van der Waals surface area contributed by atoms with Crippen LogP contribution in [0.1, 0.15) is 11.9 Å². The van der Waals surface area contributed by atoms with E-state index in [-0.39, 0.29) is 11.2 Å². The number of rotatable bonds is 6. The number of hydrogen-bond acceptors (Lipinski definition) is 8. The van der Waals surface area contributed by atoms with Crippen molar-refractivity contribution in [3.05, 3.63) is 29.3 Å². The van der Waals surface area contributed by atoms with Crippen molar-refractivity contribution in [3.8, 4) is 17.1 Å². The third kappa shape index (κ3) is 4.02. The normalized spacial score (nSPS) is 12.0. The van der Waals surface area contributed by atoms with Crippen molar-refractivity contribution < 1.29 is 9.53 Å². The van der Waals surface area contributed by atoms with E-state index < -0.39 is 0 Å². The Bertz CT molecular complexity index is 923. The van der Waals surface area contributed by atoms with Gasteiger partial charge in [-0.05, 0) is 26.0 Å². The third-order valence-electron chi connectivity index (χ3n) is 3.57. The lowest BCUT2D eigenvalue weighted by atomic mass is 10.2. The summed E-state index contributed by atoms with van der Waals surface area (Å²) in [7, 11) is 3.49. The number of nitrogens with one attached hydrogen (secondary N) is 1. The van der Waals surface area contributed by atoms with Gasteiger partial charge in [0.2, 0.25) is 11.0 Å². The molecule has 26 heavy (non-hydrogen) atoms. The number of nitrogens with zero attached hydrogens (tertiary/aromatic N) is 5. The number of aryl methyl sites for hydroxylation is 1. The van der Waals surface area contributed by atoms with E-state index in [9.17, 15) is 4.79 Å². The van der Waals surface area contributed by atoms with Crippen molar-refractivity contribution in [2.24, 2.45) is 7.05 Å². The van der Waals surface area contributed by atoms with Crippen LogP contribution in [-0.2, 0) is 11.8 Å². The van der Waals surface area contributed by atoms with Crippen LogP contribution in [0.15, 0.2) is 29.4 Å². The zero-order valence-corrected chi connectivity index (χ0v) is 16.4. The number of hydrogen-bond donors (Lipinski definition) is 1. The van der Waals surface area contributed by atoms with E-state index in [2.05, 4.69) is 25.7 Å². The van der Waals surface area contributed by atoms with Crippen molar-refractivity contribution in [2.75, 3.05) is 12.4 Å². The average Bonchev–Trinajstić information content (AvgIpc) is 3.21. The van der Waals surface area contributed by atoms with Gasteiger partial charge in [0, 0.05) is 12.6 Å². The molecular formula is C16H18N6O2S2. The van der Waals surface area contributed by atoms with Crippen LogP contribution in [0.5, 0.6) is 5.75 Å². The smallest absolute Gasteiger partial charge is 0.239 e. The molecule has 0 aliphatic heterocycles. The van der Waals surface area contributed by atoms with E-state index in [0.717, 1.165) is 16.3 Å². The summed E-state index contributed by atoms with van der Waals surface area (Å²) in [4.78, 5) is 12.3. The molecule has 3 rings (SSSR count). The minimum absolute atomic E-state index is 0.155. The molecule has 0 spiro atoms. The Morgan fingerprint density at radius 1 is 1.31 bits per heavy atom. The van der Waals surface area contributed by atoms with Gasteiger partial charge in [-0.15, -0.1) is 20.4 Å². The second-order valence-corrected chi connectivity index (χ2v) is 7.96. The molecule has 8 nitrogen and oxygen atoms in total. The van der Waals surface area contributed by atoms with Gasteiger partial charge in [0.05, 0.1) is 12.4 Å². The highest BCUT2D eigenvalue weighted by Gasteiger charge is 2.20. The molecule has 136 valence electrons. The second-order valence-electron chi connectivity index (χ2n) is 5.47. The molecule has 0 bridgehead atoms. The van der Waals surface area contributed by atoms with Crippen LogP contribution >= 0.6 is 23.1 Å². The number of thioether (sulfide) groups is 1. The van der Waals surface area contributed by atoms with Crippen molar-refractivity contribution in [1.82, 2.24) is 25.0 Å². The topological polar surface area (TPSA) is 94.8 Å². The fourth-order valence-electron chi connectivity index (χ4n) is 2.20. The van der Waals surface area contributed by atoms with Gasteiger partial charge in [-0.25, -0.2) is 0 Å². The molecule has 0 radical (unpaired) electrons. The number of carbonyl (C=O) groups excluding carboxylic acids is 1. The molecule has 1 atom stereocenters. The summed E-state index contributed by atoms with van der Waals surface area (Å²) in [5, 5.41) is 20.6. The van der Waals surface area contributed by atoms with Crippen LogP contribution in [-0.4, -0.2) is 43.2 Å². The van der Waals surface area contributed by atoms with Crippen LogP contribution in [0.25, 0.3) is 11.4 Å². The number of amides is 1. The molecule has 3 aromatic rings. The monoisotopic (exact) mass is 390 g/mol. The Kier molecular flexibility index (Phi) is 5.52. The maximum atomic E-state index is 12.3. The first-order valence-electron chi connectivity index (χ1n) is 7.79. The first-order valence-corrected chi connectivity index (χ1v) is 9.49. The fourth-order valence-corrected chi connectivity index (χ4v) is 3.61. The quantitative estimate of drug-likeness (QED) is 0.647. The van der Waals surface area contributed by atoms with Gasteiger partial charge < -0.3 is 9.30 Å². The Morgan fingerprint density at radius 3 is 2.81 bits per heavy atom. The van der Waals surface area contributed by atoms with E-state index in [1.807, 2.05) is 49.7 Å². The van der Waals surface area contributed by atoms with E-state index in [1.165, 1.54) is 23.1 Å². The Balaban J connectivity index is 1.72. The molecule has 2 heterocycles. The van der Waals surface area contributed by atoms with E-state index in [1.54, 1.807) is 7.11 Å². The first kappa shape index (κ1) is 18.3. The van der Waals surface area contributed by atoms with Crippen LogP contribution in [0, 0.1) is 6.92 Å². The molecule has 0 aliphatic carbocycles. The number of aromatic nitrogens is 5. The van der Waals surface area contributed by atoms with Gasteiger partial charge in [-0.1, -0.05) is 35.2 Å². The molecule has 1 amide bonds. The van der Waals surface area contributed by atoms with Gasteiger partial charge in [0.25, 0.3) is 0 Å². The highest BCUT2D eigenvalue weighted by molar-refractivity contribution is 8.00. The second kappa shape index (κ2) is 7.83. The average molecular weight is 390 g/mol. The number of anilines is 1. The van der Waals surface area contributed by atoms with Gasteiger partial charge in [-0.3, -0.25) is 10.1 Å². The van der Waals surface area contributed by atoms with Crippen LogP contribution in [0.3, 0.4) is 0 Å². The minimum Gasteiger partial charge on any atom is -0.497 e. The van der Waals surface area contributed by atoms with Crippen molar-refractivity contribution in [2.45, 2.75) is 24.3 Å². The van der Waals surface area contributed by atoms with Crippen molar-refractivity contribution >= 4 is 34.1 Å². The molecule has 0 unspecified atom stereocenters. The summed E-state index contributed by atoms with van der Waals surface area (Å²) < 4.78 is 7.11. The standard InChI is InChI=1S/C16H18N6O2S2/c1-9(14(23)17-15-20-18-10(2)26-15)25-16-21-19-13(22(16)3)11-6-5-7-12(8-11)24-4/h5-9H,1-4H3,(H,17,20,23)/t9-/m1/s1. The van der Waals surface area contributed by atoms with Gasteiger partial charge in [0.15, 0.2) is 11.0 Å². The van der Waals surface area contributed by atoms with Crippen LogP contribution < -0.4 is 10.1 Å². The lowest BCUT2D eigenvalue weighted by Crippen LogP contribution is -2.22. The number of carbonyl (C=O) groups is 1. The van der Waals surface area contributed by atoms with E-state index >= 15 is 0 Å². The maximum absolute atomic E-state index is 12.3. The largest absolute Gasteiger partial charge is 0.497 e. The molecular weight excluding hydrogens is 372 g/mol.